The molecule has 20 heavy (non-hydrogen) atoms. The van der Waals surface area contributed by atoms with Crippen molar-refractivity contribution in [2.45, 2.75) is 25.4 Å². The number of aliphatic hydroxyl groups is 1. The lowest BCUT2D eigenvalue weighted by Crippen LogP contribution is -2.43. The van der Waals surface area contributed by atoms with Crippen LogP contribution in [0.1, 0.15) is 24.3 Å². The van der Waals surface area contributed by atoms with Crippen molar-refractivity contribution >= 4 is 27.3 Å². The first kappa shape index (κ1) is 15.4. The summed E-state index contributed by atoms with van der Waals surface area (Å²) in [5, 5.41) is 13.9. The molecule has 2 rings (SSSR count). The van der Waals surface area contributed by atoms with Crippen LogP contribution in [0.15, 0.2) is 17.5 Å². The molecule has 2 heterocycles. The monoisotopic (exact) mass is 318 g/mol. The van der Waals surface area contributed by atoms with Crippen LogP contribution in [0.2, 0.25) is 0 Å². The number of hydrogen-bond donors (Lipinski definition) is 2. The smallest absolute Gasteiger partial charge is 0.235 e. The summed E-state index contributed by atoms with van der Waals surface area (Å²) in [6.07, 6.45) is 0.368. The first-order valence-corrected chi connectivity index (χ1v) is 8.86. The number of carbonyl (C=O) groups is 1. The number of carbonyl (C=O) groups excluding carboxylic acids is 1. The van der Waals surface area contributed by atoms with E-state index in [1.54, 1.807) is 0 Å². The van der Waals surface area contributed by atoms with E-state index in [1.165, 1.54) is 11.3 Å². The minimum Gasteiger partial charge on any atom is -0.395 e. The van der Waals surface area contributed by atoms with Crippen molar-refractivity contribution in [3.63, 3.8) is 0 Å². The summed E-state index contributed by atoms with van der Waals surface area (Å²) in [6.45, 7) is 1.36. The van der Waals surface area contributed by atoms with Gasteiger partial charge in [0.05, 0.1) is 24.9 Å². The largest absolute Gasteiger partial charge is 0.395 e. The van der Waals surface area contributed by atoms with Gasteiger partial charge in [-0.25, -0.2) is 8.42 Å². The van der Waals surface area contributed by atoms with Gasteiger partial charge in [-0.15, -0.1) is 11.3 Å². The second-order valence-corrected chi connectivity index (χ2v) is 7.81. The van der Waals surface area contributed by atoms with Gasteiger partial charge in [0.25, 0.3) is 0 Å². The Morgan fingerprint density at radius 3 is 3.00 bits per heavy atom. The number of sulfonamides is 1. The van der Waals surface area contributed by atoms with Crippen LogP contribution >= 0.6 is 11.3 Å². The Morgan fingerprint density at radius 1 is 1.65 bits per heavy atom. The van der Waals surface area contributed by atoms with E-state index in [4.69, 9.17) is 0 Å². The van der Waals surface area contributed by atoms with Crippen molar-refractivity contribution in [1.82, 2.24) is 9.62 Å². The van der Waals surface area contributed by atoms with Gasteiger partial charge in [0.15, 0.2) is 0 Å². The highest BCUT2D eigenvalue weighted by Crippen LogP contribution is 2.21. The van der Waals surface area contributed by atoms with E-state index in [9.17, 15) is 18.3 Å². The zero-order valence-electron chi connectivity index (χ0n) is 11.2. The zero-order chi connectivity index (χ0) is 14.8. The predicted molar refractivity (Wildman–Crippen MR) is 76.9 cm³/mol. The Kier molecular flexibility index (Phi) is 4.79. The quantitative estimate of drug-likeness (QED) is 0.819. The molecule has 0 bridgehead atoms. The molecule has 0 aromatic carbocycles. The van der Waals surface area contributed by atoms with Crippen LogP contribution < -0.4 is 5.32 Å². The molecule has 112 valence electrons. The average Bonchev–Trinajstić information content (AvgIpc) is 2.99. The highest BCUT2D eigenvalue weighted by molar-refractivity contribution is 7.89. The number of rotatable bonds is 5. The molecule has 1 fully saturated rings. The van der Waals surface area contributed by atoms with Crippen molar-refractivity contribution < 1.29 is 18.3 Å². The maximum absolute atomic E-state index is 12.0. The van der Waals surface area contributed by atoms with E-state index in [2.05, 4.69) is 5.32 Å². The SMILES string of the molecule is CC(NC(=O)CN1C(CO)CCS1(=O)=O)c1cccs1. The number of aliphatic hydroxyl groups excluding tert-OH is 1. The molecule has 1 aromatic heterocycles. The molecule has 1 aromatic rings. The lowest BCUT2D eigenvalue weighted by Gasteiger charge is -2.21. The standard InChI is InChI=1S/C12H18N2O4S2/c1-9(11-3-2-5-19-11)13-12(16)7-14-10(8-15)4-6-20(14,17)18/h2-3,5,9-10,15H,4,6-8H2,1H3,(H,13,16). The third kappa shape index (κ3) is 3.38. The second kappa shape index (κ2) is 6.21. The van der Waals surface area contributed by atoms with Gasteiger partial charge in [0.2, 0.25) is 15.9 Å². The maximum Gasteiger partial charge on any atom is 0.235 e. The van der Waals surface area contributed by atoms with Crippen molar-refractivity contribution in [2.24, 2.45) is 0 Å². The molecular formula is C12H18N2O4S2. The summed E-state index contributed by atoms with van der Waals surface area (Å²) < 4.78 is 24.7. The topological polar surface area (TPSA) is 86.7 Å². The lowest BCUT2D eigenvalue weighted by molar-refractivity contribution is -0.122. The van der Waals surface area contributed by atoms with E-state index < -0.39 is 16.1 Å². The van der Waals surface area contributed by atoms with Crippen molar-refractivity contribution in [1.29, 1.82) is 0 Å². The number of nitrogens with one attached hydrogen (secondary N) is 1. The van der Waals surface area contributed by atoms with Gasteiger partial charge in [-0.1, -0.05) is 6.07 Å². The van der Waals surface area contributed by atoms with Gasteiger partial charge in [0, 0.05) is 10.9 Å². The fraction of sp³-hybridized carbons (Fsp3) is 0.583. The average molecular weight is 318 g/mol. The van der Waals surface area contributed by atoms with Gasteiger partial charge in [-0.05, 0) is 24.8 Å². The number of amides is 1. The molecule has 2 N–H and O–H groups in total. The summed E-state index contributed by atoms with van der Waals surface area (Å²) in [6, 6.07) is 3.18. The molecule has 6 nitrogen and oxygen atoms in total. The Balaban J connectivity index is 1.97. The third-order valence-corrected chi connectivity index (χ3v) is 6.28. The van der Waals surface area contributed by atoms with Gasteiger partial charge in [-0.2, -0.15) is 4.31 Å². The summed E-state index contributed by atoms with van der Waals surface area (Å²) in [4.78, 5) is 13.0. The molecule has 1 aliphatic rings. The molecule has 0 spiro atoms. The minimum absolute atomic E-state index is 0.00795. The second-order valence-electron chi connectivity index (χ2n) is 4.79. The Labute approximate surface area is 122 Å². The summed E-state index contributed by atoms with van der Waals surface area (Å²) in [5.41, 5.74) is 0. The molecule has 0 aliphatic carbocycles. The minimum atomic E-state index is -3.42. The first-order chi connectivity index (χ1) is 9.44. The van der Waals surface area contributed by atoms with E-state index in [0.717, 1.165) is 9.18 Å². The zero-order valence-corrected chi connectivity index (χ0v) is 12.8. The fourth-order valence-corrected chi connectivity index (χ4v) is 4.70. The van der Waals surface area contributed by atoms with Gasteiger partial charge in [-0.3, -0.25) is 4.79 Å². The summed E-state index contributed by atoms with van der Waals surface area (Å²) >= 11 is 1.53. The van der Waals surface area contributed by atoms with Crippen molar-refractivity contribution in [3.05, 3.63) is 22.4 Å². The number of hydrogen-bond acceptors (Lipinski definition) is 5. The molecule has 0 saturated carbocycles. The molecular weight excluding hydrogens is 300 g/mol. The molecule has 2 atom stereocenters. The van der Waals surface area contributed by atoms with E-state index >= 15 is 0 Å². The highest BCUT2D eigenvalue weighted by Gasteiger charge is 2.38. The van der Waals surface area contributed by atoms with E-state index in [1.807, 2.05) is 24.4 Å². The molecule has 2 unspecified atom stereocenters. The lowest BCUT2D eigenvalue weighted by atomic mass is 10.2. The van der Waals surface area contributed by atoms with Crippen LogP contribution in [0, 0.1) is 0 Å². The predicted octanol–water partition coefficient (Wildman–Crippen LogP) is 0.322. The number of nitrogens with zero attached hydrogens (tertiary/aromatic N) is 1. The Morgan fingerprint density at radius 2 is 2.40 bits per heavy atom. The van der Waals surface area contributed by atoms with Crippen LogP contribution in [0.5, 0.6) is 0 Å². The van der Waals surface area contributed by atoms with Gasteiger partial charge < -0.3 is 10.4 Å². The van der Waals surface area contributed by atoms with Crippen LogP contribution in [-0.4, -0.2) is 48.7 Å². The highest BCUT2D eigenvalue weighted by atomic mass is 32.2. The molecule has 1 aliphatic heterocycles. The Bertz CT molecular complexity index is 556. The Hall–Kier alpha value is -0.960. The van der Waals surface area contributed by atoms with Crippen molar-refractivity contribution in [2.75, 3.05) is 18.9 Å². The molecule has 8 heteroatoms. The van der Waals surface area contributed by atoms with E-state index in [-0.39, 0.29) is 30.9 Å². The van der Waals surface area contributed by atoms with Crippen LogP contribution in [0.4, 0.5) is 0 Å². The van der Waals surface area contributed by atoms with Crippen molar-refractivity contribution in [3.8, 4) is 0 Å². The van der Waals surface area contributed by atoms with Gasteiger partial charge in [0.1, 0.15) is 0 Å². The van der Waals surface area contributed by atoms with Gasteiger partial charge >= 0.3 is 0 Å². The summed E-state index contributed by atoms with van der Waals surface area (Å²) in [5.74, 6) is -0.360. The normalized spacial score (nSPS) is 23.6. The van der Waals surface area contributed by atoms with Crippen LogP contribution in [0.3, 0.4) is 0 Å². The van der Waals surface area contributed by atoms with E-state index in [0.29, 0.717) is 6.42 Å². The molecule has 1 saturated heterocycles. The maximum atomic E-state index is 12.0. The van der Waals surface area contributed by atoms with Crippen LogP contribution in [-0.2, 0) is 14.8 Å². The first-order valence-electron chi connectivity index (χ1n) is 6.37. The molecule has 0 radical (unpaired) electrons. The fourth-order valence-electron chi connectivity index (χ4n) is 2.22. The van der Waals surface area contributed by atoms with Crippen LogP contribution in [0.25, 0.3) is 0 Å². The summed E-state index contributed by atoms with van der Waals surface area (Å²) in [7, 11) is -3.42. The number of thiophene rings is 1. The third-order valence-electron chi connectivity index (χ3n) is 3.33. The molecule has 1 amide bonds.